The first-order valence-electron chi connectivity index (χ1n) is 16.7. The molecule has 2 fully saturated rings. The normalized spacial score (nSPS) is 34.6. The van der Waals surface area contributed by atoms with E-state index in [2.05, 4.69) is 0 Å². The van der Waals surface area contributed by atoms with Crippen molar-refractivity contribution in [1.82, 2.24) is 0 Å². The molecule has 0 saturated heterocycles. The lowest BCUT2D eigenvalue weighted by Gasteiger charge is -2.53. The van der Waals surface area contributed by atoms with Crippen molar-refractivity contribution in [2.24, 2.45) is 23.2 Å². The van der Waals surface area contributed by atoms with Gasteiger partial charge in [-0.15, -0.1) is 0 Å². The number of phenols is 1. The number of hydrogen-bond acceptors (Lipinski definition) is 3. The third-order valence-electron chi connectivity index (χ3n) is 10.0. The molecule has 0 heterocycles. The van der Waals surface area contributed by atoms with Crippen molar-refractivity contribution in [3.05, 3.63) is 29.3 Å². The fourth-order valence-corrected chi connectivity index (χ4v) is 8.91. The van der Waals surface area contributed by atoms with E-state index in [0.717, 1.165) is 63.4 Å². The second-order valence-corrected chi connectivity index (χ2v) is 14.4. The number of alkyl halides is 5. The Labute approximate surface area is 248 Å². The minimum Gasteiger partial charge on any atom is -0.508 e. The summed E-state index contributed by atoms with van der Waals surface area (Å²) in [5.41, 5.74) is 1.54. The molecule has 1 aromatic carbocycles. The van der Waals surface area contributed by atoms with Gasteiger partial charge in [0.05, 0.1) is 7.45 Å². The van der Waals surface area contributed by atoms with Crippen LogP contribution < -0.4 is 0 Å². The van der Waals surface area contributed by atoms with Gasteiger partial charge in [-0.1, -0.05) is 51.5 Å². The summed E-state index contributed by atoms with van der Waals surface area (Å²) in [6, 6.07) is 5.57. The number of benzene rings is 1. The highest BCUT2D eigenvalue weighted by Gasteiger charge is 2.57. The van der Waals surface area contributed by atoms with E-state index < -0.39 is 53.6 Å². The predicted octanol–water partition coefficient (Wildman–Crippen LogP) is 8.68. The summed E-state index contributed by atoms with van der Waals surface area (Å²) in [5.74, 6) is -3.77. The Balaban J connectivity index is 1.22. The molecule has 2 N–H and O–H groups in total. The monoisotopic (exact) mass is 609 g/mol. The summed E-state index contributed by atoms with van der Waals surface area (Å²) >= 11 is 0. The maximum atomic E-state index is 13.0. The Kier molecular flexibility index (Phi) is 9.47. The number of aliphatic hydroxyl groups is 1. The average Bonchev–Trinajstić information content (AvgIpc) is 3.06. The smallest absolute Gasteiger partial charge is 0.453 e. The van der Waals surface area contributed by atoms with Gasteiger partial charge < -0.3 is 10.2 Å². The minimum absolute atomic E-state index is 0.0996. The molecule has 9 heteroatoms. The van der Waals surface area contributed by atoms with Gasteiger partial charge >= 0.3 is 12.1 Å². The Morgan fingerprint density at radius 2 is 1.68 bits per heavy atom. The van der Waals surface area contributed by atoms with E-state index in [1.54, 1.807) is 6.07 Å². The van der Waals surface area contributed by atoms with Crippen molar-refractivity contribution in [2.45, 2.75) is 127 Å². The zero-order valence-corrected chi connectivity index (χ0v) is 24.8. The molecular weight excluding hydrogens is 559 g/mol. The van der Waals surface area contributed by atoms with E-state index in [1.165, 1.54) is 5.56 Å². The lowest BCUT2D eigenvalue weighted by molar-refractivity contribution is -0.284. The molecule has 2 saturated carbocycles. The molecule has 0 bridgehead atoms. The van der Waals surface area contributed by atoms with Crippen LogP contribution >= 0.6 is 0 Å². The highest BCUT2D eigenvalue weighted by molar-refractivity contribution is 7.84. The first-order valence-corrected chi connectivity index (χ1v) is 16.7. The lowest BCUT2D eigenvalue weighted by atomic mass is 9.52. The second kappa shape index (κ2) is 13.6. The summed E-state index contributed by atoms with van der Waals surface area (Å²) in [6.07, 6.45) is -1.70. The molecule has 3 aliphatic carbocycles. The molecule has 4 rings (SSSR count). The summed E-state index contributed by atoms with van der Waals surface area (Å²) in [5, 5.41) is 21.3. The molecule has 3 aliphatic rings. The third kappa shape index (κ3) is 7.66. The predicted molar refractivity (Wildman–Crippen MR) is 153 cm³/mol. The van der Waals surface area contributed by atoms with Crippen LogP contribution in [-0.4, -0.2) is 44.1 Å². The van der Waals surface area contributed by atoms with Crippen molar-refractivity contribution in [2.75, 3.05) is 11.5 Å². The number of fused-ring (bicyclic) bond motifs is 5. The van der Waals surface area contributed by atoms with Crippen molar-refractivity contribution in [3.8, 4) is 5.75 Å². The van der Waals surface area contributed by atoms with Crippen molar-refractivity contribution >= 4 is 10.8 Å². The fourth-order valence-electron chi connectivity index (χ4n) is 7.72. The summed E-state index contributed by atoms with van der Waals surface area (Å²) in [4.78, 5) is 0. The molecule has 0 spiro atoms. The third-order valence-corrected chi connectivity index (χ3v) is 11.5. The van der Waals surface area contributed by atoms with Gasteiger partial charge in [0.25, 0.3) is 0 Å². The first-order chi connectivity index (χ1) is 20.4. The molecule has 0 aliphatic heterocycles. The summed E-state index contributed by atoms with van der Waals surface area (Å²) in [6.45, 7) is 1.90. The number of unbranched alkanes of at least 4 members (excludes halogenated alkanes) is 6. The van der Waals surface area contributed by atoms with Crippen molar-refractivity contribution < 1.29 is 40.5 Å². The zero-order valence-electron chi connectivity index (χ0n) is 27.0. The van der Waals surface area contributed by atoms with Crippen molar-refractivity contribution in [1.29, 1.82) is 0 Å². The van der Waals surface area contributed by atoms with Crippen LogP contribution in [0.5, 0.6) is 5.75 Å². The fraction of sp³-hybridized carbons (Fsp3) is 0.812. The topological polar surface area (TPSA) is 57.5 Å². The van der Waals surface area contributed by atoms with E-state index in [9.17, 15) is 36.4 Å². The molecule has 41 heavy (non-hydrogen) atoms. The molecule has 0 radical (unpaired) electrons. The van der Waals surface area contributed by atoms with Gasteiger partial charge in [-0.05, 0) is 104 Å². The van der Waals surface area contributed by atoms with E-state index in [0.29, 0.717) is 18.6 Å². The van der Waals surface area contributed by atoms with Gasteiger partial charge in [-0.25, -0.2) is 0 Å². The van der Waals surface area contributed by atoms with Crippen LogP contribution in [0.3, 0.4) is 0 Å². The van der Waals surface area contributed by atoms with Crippen LogP contribution in [0.25, 0.3) is 0 Å². The van der Waals surface area contributed by atoms with E-state index in [4.69, 9.17) is 4.11 Å². The molecule has 0 aromatic heterocycles. The highest BCUT2D eigenvalue weighted by Crippen LogP contribution is 2.62. The Bertz CT molecular complexity index is 1160. The summed E-state index contributed by atoms with van der Waals surface area (Å²) in [7, 11) is -1.40. The number of aromatic hydroxyl groups is 1. The van der Waals surface area contributed by atoms with Crippen LogP contribution in [0, 0.1) is 23.2 Å². The quantitative estimate of drug-likeness (QED) is 0.164. The standard InChI is InChI=1S/C32H47F5O3S/c1-30-17-15-26-25-12-11-24(38)21-23(25)20-22(29(26)27(30)13-14-28(30)39)10-7-5-3-2-4-6-8-18-41(40)19-9-16-31(33,34)32(35,36)37/h11-12,21-22,26-29,38-39H,2-10,13-20H2,1H3/t22?,26?,27?,28-,29?,30-,41?/m0/s1/i14D2,28D. The maximum absolute atomic E-state index is 13.0. The number of hydrogen-bond donors (Lipinski definition) is 2. The molecular formula is C32H47F5O3S. The summed E-state index contributed by atoms with van der Waals surface area (Å²) < 4.78 is 100. The lowest BCUT2D eigenvalue weighted by Crippen LogP contribution is -2.47. The molecule has 5 unspecified atom stereocenters. The van der Waals surface area contributed by atoms with Gasteiger partial charge in [-0.2, -0.15) is 22.0 Å². The molecule has 3 nitrogen and oxygen atoms in total. The first kappa shape index (κ1) is 28.5. The van der Waals surface area contributed by atoms with Gasteiger partial charge in [0.15, 0.2) is 0 Å². The van der Waals surface area contributed by atoms with E-state index in [1.807, 2.05) is 19.1 Å². The van der Waals surface area contributed by atoms with Crippen molar-refractivity contribution in [3.63, 3.8) is 0 Å². The van der Waals surface area contributed by atoms with Crippen LogP contribution in [0.1, 0.15) is 118 Å². The SMILES string of the molecule is [2H]C1([2H])CC2C3C(CCCCCCCCCS(=O)CCCC(F)(F)C(F)(F)F)Cc4cc(O)ccc4C3CC[C@]2(C)[C@@]1([2H])O. The number of halogens is 5. The molecule has 234 valence electrons. The number of rotatable bonds is 14. The Morgan fingerprint density at radius 3 is 2.39 bits per heavy atom. The molecule has 1 aromatic rings. The van der Waals surface area contributed by atoms with Gasteiger partial charge in [0, 0.05) is 31.5 Å². The maximum Gasteiger partial charge on any atom is 0.453 e. The minimum atomic E-state index is -5.57. The Morgan fingerprint density at radius 1 is 1.02 bits per heavy atom. The van der Waals surface area contributed by atoms with Crippen LogP contribution in [-0.2, 0) is 17.2 Å². The van der Waals surface area contributed by atoms with E-state index >= 15 is 0 Å². The van der Waals surface area contributed by atoms with Crippen LogP contribution in [0.2, 0.25) is 0 Å². The van der Waals surface area contributed by atoms with Gasteiger partial charge in [0.2, 0.25) is 0 Å². The Hall–Kier alpha value is -1.22. The second-order valence-electron chi connectivity index (χ2n) is 12.7. The van der Waals surface area contributed by atoms with Crippen LogP contribution in [0.4, 0.5) is 22.0 Å². The van der Waals surface area contributed by atoms with Crippen LogP contribution in [0.15, 0.2) is 18.2 Å². The van der Waals surface area contributed by atoms with Gasteiger partial charge in [0.1, 0.15) is 5.75 Å². The molecule has 0 amide bonds. The van der Waals surface area contributed by atoms with Gasteiger partial charge in [-0.3, -0.25) is 4.21 Å². The molecule has 7 atom stereocenters. The van der Waals surface area contributed by atoms with E-state index in [-0.39, 0.29) is 41.6 Å². The highest BCUT2D eigenvalue weighted by atomic mass is 32.2. The average molecular weight is 610 g/mol. The number of phenolic OH excluding ortho intramolecular Hbond substituents is 1. The zero-order chi connectivity index (χ0) is 32.6. The largest absolute Gasteiger partial charge is 0.508 e.